The normalized spacial score (nSPS) is 29.5. The fraction of sp³-hybridized carbons (Fsp3) is 0.667. The Labute approximate surface area is 49.7 Å². The predicted octanol–water partition coefficient (Wildman–Crippen LogP) is 0.461. The molecule has 0 N–H and O–H groups in total. The first-order chi connectivity index (χ1) is 3.84. The molecule has 1 atom stereocenters. The second-order valence-electron chi connectivity index (χ2n) is 1.99. The van der Waals surface area contributed by atoms with E-state index in [1.165, 1.54) is 0 Å². The van der Waals surface area contributed by atoms with Gasteiger partial charge in [0.25, 0.3) is 0 Å². The second kappa shape index (κ2) is 2.29. The van der Waals surface area contributed by atoms with E-state index < -0.39 is 0 Å². The highest BCUT2D eigenvalue weighted by molar-refractivity contribution is 4.98. The third-order valence-corrected chi connectivity index (χ3v) is 1.37. The molecule has 1 unspecified atom stereocenters. The van der Waals surface area contributed by atoms with Crippen molar-refractivity contribution in [2.24, 2.45) is 0 Å². The Bertz CT molecular complexity index is 101. The highest BCUT2D eigenvalue weighted by Crippen LogP contribution is 2.05. The molecule has 0 saturated heterocycles. The van der Waals surface area contributed by atoms with Crippen molar-refractivity contribution in [3.63, 3.8) is 0 Å². The van der Waals surface area contributed by atoms with Crippen LogP contribution in [-0.4, -0.2) is 31.8 Å². The Morgan fingerprint density at radius 1 is 1.75 bits per heavy atom. The van der Waals surface area contributed by atoms with Gasteiger partial charge in [-0.3, -0.25) is 4.90 Å². The lowest BCUT2D eigenvalue weighted by atomic mass is 10.5. The van der Waals surface area contributed by atoms with Crippen LogP contribution in [0.5, 0.6) is 0 Å². The van der Waals surface area contributed by atoms with E-state index in [2.05, 4.69) is 17.1 Å². The highest BCUT2D eigenvalue weighted by atomic mass is 16.5. The maximum atomic E-state index is 5.06. The van der Waals surface area contributed by atoms with Gasteiger partial charge in [0.2, 0.25) is 0 Å². The summed E-state index contributed by atoms with van der Waals surface area (Å²) in [5, 5.41) is 0. The molecule has 0 aromatic heterocycles. The van der Waals surface area contributed by atoms with Crippen molar-refractivity contribution >= 4 is 0 Å². The summed E-state index contributed by atoms with van der Waals surface area (Å²) in [6.07, 6.45) is 4.38. The van der Waals surface area contributed by atoms with Crippen molar-refractivity contribution in [2.45, 2.75) is 6.23 Å². The van der Waals surface area contributed by atoms with Crippen LogP contribution >= 0.6 is 0 Å². The summed E-state index contributed by atoms with van der Waals surface area (Å²) >= 11 is 0. The molecule has 0 spiro atoms. The predicted molar refractivity (Wildman–Crippen MR) is 32.6 cm³/mol. The van der Waals surface area contributed by atoms with Gasteiger partial charge in [0.1, 0.15) is 6.23 Å². The summed E-state index contributed by atoms with van der Waals surface area (Å²) in [5.74, 6) is 0. The first-order valence-electron chi connectivity index (χ1n) is 2.74. The summed E-state index contributed by atoms with van der Waals surface area (Å²) in [6.45, 7) is 1.01. The van der Waals surface area contributed by atoms with E-state index in [0.29, 0.717) is 0 Å². The molecule has 0 saturated carbocycles. The van der Waals surface area contributed by atoms with Crippen molar-refractivity contribution in [3.05, 3.63) is 12.2 Å². The molecular formula is C6H11NO. The van der Waals surface area contributed by atoms with Crippen LogP contribution < -0.4 is 0 Å². The monoisotopic (exact) mass is 113 g/mol. The Hall–Kier alpha value is -0.340. The molecule has 0 aromatic carbocycles. The van der Waals surface area contributed by atoms with Crippen molar-refractivity contribution in [1.82, 2.24) is 4.90 Å². The number of hydrogen-bond acceptors (Lipinski definition) is 2. The molecule has 8 heavy (non-hydrogen) atoms. The third kappa shape index (κ3) is 0.904. The molecule has 1 aliphatic heterocycles. The summed E-state index contributed by atoms with van der Waals surface area (Å²) in [7, 11) is 3.75. The molecule has 2 heteroatoms. The molecule has 0 fully saturated rings. The van der Waals surface area contributed by atoms with Crippen LogP contribution in [0.15, 0.2) is 12.2 Å². The number of ether oxygens (including phenoxy) is 1. The fourth-order valence-electron chi connectivity index (χ4n) is 0.853. The third-order valence-electron chi connectivity index (χ3n) is 1.37. The van der Waals surface area contributed by atoms with Crippen molar-refractivity contribution in [2.75, 3.05) is 20.7 Å². The lowest BCUT2D eigenvalue weighted by Crippen LogP contribution is -2.26. The number of rotatable bonds is 1. The molecule has 0 radical (unpaired) electrons. The van der Waals surface area contributed by atoms with Gasteiger partial charge in [0.15, 0.2) is 0 Å². The van der Waals surface area contributed by atoms with Gasteiger partial charge < -0.3 is 4.74 Å². The molecule has 1 heterocycles. The number of methoxy groups -OCH3 is 1. The van der Waals surface area contributed by atoms with Crippen molar-refractivity contribution in [1.29, 1.82) is 0 Å². The summed E-state index contributed by atoms with van der Waals surface area (Å²) in [6, 6.07) is 0. The van der Waals surface area contributed by atoms with E-state index in [9.17, 15) is 0 Å². The molecule has 2 nitrogen and oxygen atoms in total. The zero-order valence-electron chi connectivity index (χ0n) is 5.29. The van der Waals surface area contributed by atoms with E-state index in [0.717, 1.165) is 6.54 Å². The molecule has 46 valence electrons. The standard InChI is InChI=1S/C6H11NO/c1-7-5-3-4-6(7)8-2/h3-4,6H,5H2,1-2H3. The van der Waals surface area contributed by atoms with Gasteiger partial charge in [-0.1, -0.05) is 6.08 Å². The van der Waals surface area contributed by atoms with Crippen molar-refractivity contribution in [3.8, 4) is 0 Å². The van der Waals surface area contributed by atoms with Gasteiger partial charge >= 0.3 is 0 Å². The smallest absolute Gasteiger partial charge is 0.129 e. The maximum Gasteiger partial charge on any atom is 0.129 e. The van der Waals surface area contributed by atoms with Crippen LogP contribution in [0.25, 0.3) is 0 Å². The van der Waals surface area contributed by atoms with Crippen LogP contribution in [0.4, 0.5) is 0 Å². The average Bonchev–Trinajstić information content (AvgIpc) is 2.14. The van der Waals surface area contributed by atoms with Gasteiger partial charge in [-0.15, -0.1) is 0 Å². The van der Waals surface area contributed by atoms with Gasteiger partial charge in [-0.2, -0.15) is 0 Å². The minimum absolute atomic E-state index is 0.218. The van der Waals surface area contributed by atoms with Crippen LogP contribution in [0.3, 0.4) is 0 Å². The largest absolute Gasteiger partial charge is 0.363 e. The molecule has 1 aliphatic rings. The molecule has 0 aromatic rings. The first-order valence-corrected chi connectivity index (χ1v) is 2.74. The van der Waals surface area contributed by atoms with Crippen LogP contribution in [-0.2, 0) is 4.74 Å². The van der Waals surface area contributed by atoms with Crippen LogP contribution in [0.2, 0.25) is 0 Å². The first kappa shape index (κ1) is 5.79. The van der Waals surface area contributed by atoms with Gasteiger partial charge in [0, 0.05) is 13.7 Å². The lowest BCUT2D eigenvalue weighted by molar-refractivity contribution is 0.0357. The maximum absolute atomic E-state index is 5.06. The van der Waals surface area contributed by atoms with Gasteiger partial charge in [-0.05, 0) is 13.1 Å². The second-order valence-corrected chi connectivity index (χ2v) is 1.99. The zero-order chi connectivity index (χ0) is 5.98. The minimum atomic E-state index is 0.218. The summed E-state index contributed by atoms with van der Waals surface area (Å²) < 4.78 is 5.06. The van der Waals surface area contributed by atoms with E-state index in [1.807, 2.05) is 7.05 Å². The van der Waals surface area contributed by atoms with Crippen molar-refractivity contribution < 1.29 is 4.74 Å². The summed E-state index contributed by atoms with van der Waals surface area (Å²) in [5.41, 5.74) is 0. The topological polar surface area (TPSA) is 12.5 Å². The van der Waals surface area contributed by atoms with Gasteiger partial charge in [-0.25, -0.2) is 0 Å². The summed E-state index contributed by atoms with van der Waals surface area (Å²) in [4.78, 5) is 2.12. The Morgan fingerprint density at radius 2 is 2.50 bits per heavy atom. The van der Waals surface area contributed by atoms with E-state index in [-0.39, 0.29) is 6.23 Å². The number of likely N-dealkylation sites (N-methyl/N-ethyl adjacent to an activating group) is 1. The molecule has 0 aliphatic carbocycles. The Morgan fingerprint density at radius 3 is 2.75 bits per heavy atom. The number of nitrogens with zero attached hydrogens (tertiary/aromatic N) is 1. The Kier molecular flexibility index (Phi) is 1.65. The fourth-order valence-corrected chi connectivity index (χ4v) is 0.853. The SMILES string of the molecule is COC1C=CCN1C. The Balaban J connectivity index is 2.41. The molecule has 0 bridgehead atoms. The van der Waals surface area contributed by atoms with Crippen LogP contribution in [0, 0.1) is 0 Å². The minimum Gasteiger partial charge on any atom is -0.363 e. The van der Waals surface area contributed by atoms with E-state index in [4.69, 9.17) is 4.74 Å². The molecule has 1 rings (SSSR count). The lowest BCUT2D eigenvalue weighted by Gasteiger charge is -2.16. The van der Waals surface area contributed by atoms with E-state index in [1.54, 1.807) is 7.11 Å². The van der Waals surface area contributed by atoms with Gasteiger partial charge in [0.05, 0.1) is 0 Å². The molecule has 0 amide bonds. The average molecular weight is 113 g/mol. The quantitative estimate of drug-likeness (QED) is 0.458. The zero-order valence-corrected chi connectivity index (χ0v) is 5.29. The number of hydrogen-bond donors (Lipinski definition) is 0. The highest BCUT2D eigenvalue weighted by Gasteiger charge is 2.12. The van der Waals surface area contributed by atoms with E-state index >= 15 is 0 Å². The molecular weight excluding hydrogens is 102 g/mol. The van der Waals surface area contributed by atoms with Crippen LogP contribution in [0.1, 0.15) is 0 Å².